The van der Waals surface area contributed by atoms with Crippen molar-refractivity contribution in [3.63, 3.8) is 0 Å². The number of aliphatic hydroxyl groups is 1. The second-order valence-corrected chi connectivity index (χ2v) is 5.05. The molecule has 0 aromatic heterocycles. The average molecular weight is 249 g/mol. The molecule has 0 spiro atoms. The Kier molecular flexibility index (Phi) is 3.57. The van der Waals surface area contributed by atoms with Gasteiger partial charge in [-0.25, -0.2) is 0 Å². The predicted octanol–water partition coefficient (Wildman–Crippen LogP) is 1.74. The summed E-state index contributed by atoms with van der Waals surface area (Å²) in [5, 5.41) is 22.0. The lowest BCUT2D eigenvalue weighted by Gasteiger charge is -2.28. The second kappa shape index (κ2) is 4.98. The summed E-state index contributed by atoms with van der Waals surface area (Å²) in [5.74, 6) is -0.105. The van der Waals surface area contributed by atoms with E-state index in [-0.39, 0.29) is 18.3 Å². The van der Waals surface area contributed by atoms with Crippen molar-refractivity contribution >= 4 is 5.91 Å². The van der Waals surface area contributed by atoms with Crippen LogP contribution in [0.25, 0.3) is 0 Å². The van der Waals surface area contributed by atoms with Gasteiger partial charge >= 0.3 is 0 Å². The van der Waals surface area contributed by atoms with Crippen LogP contribution in [0.2, 0.25) is 0 Å². The van der Waals surface area contributed by atoms with Gasteiger partial charge in [0.15, 0.2) is 0 Å². The van der Waals surface area contributed by atoms with Crippen molar-refractivity contribution in [2.75, 3.05) is 6.61 Å². The molecule has 1 fully saturated rings. The van der Waals surface area contributed by atoms with Gasteiger partial charge in [-0.2, -0.15) is 0 Å². The van der Waals surface area contributed by atoms with Crippen molar-refractivity contribution < 1.29 is 15.0 Å². The maximum absolute atomic E-state index is 12.2. The van der Waals surface area contributed by atoms with E-state index in [0.29, 0.717) is 11.1 Å². The van der Waals surface area contributed by atoms with Gasteiger partial charge in [-0.3, -0.25) is 4.79 Å². The Labute approximate surface area is 107 Å². The van der Waals surface area contributed by atoms with Crippen LogP contribution in [0, 0.1) is 6.92 Å². The molecule has 3 N–H and O–H groups in total. The Morgan fingerprint density at radius 3 is 2.67 bits per heavy atom. The molecule has 0 atom stereocenters. The topological polar surface area (TPSA) is 69.6 Å². The lowest BCUT2D eigenvalue weighted by molar-refractivity contribution is 0.0837. The minimum absolute atomic E-state index is 0.0311. The summed E-state index contributed by atoms with van der Waals surface area (Å²) in [6.45, 7) is 1.68. The fraction of sp³-hybridized carbons (Fsp3) is 0.500. The summed E-state index contributed by atoms with van der Waals surface area (Å²) in [4.78, 5) is 12.2. The molecule has 0 saturated heterocycles. The van der Waals surface area contributed by atoms with Gasteiger partial charge in [0.05, 0.1) is 12.1 Å². The molecule has 4 nitrogen and oxygen atoms in total. The molecule has 2 rings (SSSR count). The molecule has 4 heteroatoms. The van der Waals surface area contributed by atoms with E-state index < -0.39 is 5.54 Å². The first-order chi connectivity index (χ1) is 8.58. The van der Waals surface area contributed by atoms with Gasteiger partial charge in [0.1, 0.15) is 5.75 Å². The highest BCUT2D eigenvalue weighted by molar-refractivity contribution is 5.96. The maximum Gasteiger partial charge on any atom is 0.252 e. The van der Waals surface area contributed by atoms with E-state index in [4.69, 9.17) is 0 Å². The number of hydrogen-bond donors (Lipinski definition) is 3. The quantitative estimate of drug-likeness (QED) is 0.764. The summed E-state index contributed by atoms with van der Waals surface area (Å²) in [7, 11) is 0. The van der Waals surface area contributed by atoms with Gasteiger partial charge < -0.3 is 15.5 Å². The van der Waals surface area contributed by atoms with Gasteiger partial charge in [0.2, 0.25) is 0 Å². The van der Waals surface area contributed by atoms with E-state index in [0.717, 1.165) is 25.7 Å². The van der Waals surface area contributed by atoms with Crippen LogP contribution in [0.3, 0.4) is 0 Å². The molecule has 1 aliphatic rings. The van der Waals surface area contributed by atoms with E-state index in [9.17, 15) is 15.0 Å². The van der Waals surface area contributed by atoms with Crippen molar-refractivity contribution in [2.45, 2.75) is 38.1 Å². The molecule has 98 valence electrons. The first kappa shape index (κ1) is 12.9. The Bertz CT molecular complexity index is 450. The molecule has 0 radical (unpaired) electrons. The number of aromatic hydroxyl groups is 1. The third kappa shape index (κ3) is 2.34. The molecule has 0 aliphatic heterocycles. The SMILES string of the molecule is Cc1c(O)cccc1C(=O)NC1(CO)CCCC1. The Morgan fingerprint density at radius 1 is 1.39 bits per heavy atom. The smallest absolute Gasteiger partial charge is 0.252 e. The highest BCUT2D eigenvalue weighted by Crippen LogP contribution is 2.30. The number of phenolic OH excluding ortho intramolecular Hbond substituents is 1. The third-order valence-electron chi connectivity index (χ3n) is 3.79. The standard InChI is InChI=1S/C14H19NO3/c1-10-11(5-4-6-12(10)17)13(18)15-14(9-16)7-2-3-8-14/h4-6,16-17H,2-3,7-9H2,1H3,(H,15,18). The van der Waals surface area contributed by atoms with Crippen molar-refractivity contribution in [1.29, 1.82) is 0 Å². The number of aliphatic hydroxyl groups excluding tert-OH is 1. The van der Waals surface area contributed by atoms with Crippen LogP contribution in [0.1, 0.15) is 41.6 Å². The third-order valence-corrected chi connectivity index (χ3v) is 3.79. The van der Waals surface area contributed by atoms with Crippen LogP contribution in [0.4, 0.5) is 0 Å². The fourth-order valence-electron chi connectivity index (χ4n) is 2.55. The van der Waals surface area contributed by atoms with E-state index >= 15 is 0 Å². The monoisotopic (exact) mass is 249 g/mol. The molecule has 0 heterocycles. The zero-order valence-electron chi connectivity index (χ0n) is 10.6. The van der Waals surface area contributed by atoms with E-state index in [2.05, 4.69) is 5.32 Å². The number of phenols is 1. The molecule has 0 unspecified atom stereocenters. The second-order valence-electron chi connectivity index (χ2n) is 5.05. The van der Waals surface area contributed by atoms with Crippen LogP contribution in [0.15, 0.2) is 18.2 Å². The van der Waals surface area contributed by atoms with Crippen LogP contribution in [0.5, 0.6) is 5.75 Å². The van der Waals surface area contributed by atoms with E-state index in [1.165, 1.54) is 0 Å². The Balaban J connectivity index is 2.19. The Morgan fingerprint density at radius 2 is 2.06 bits per heavy atom. The largest absolute Gasteiger partial charge is 0.508 e. The lowest BCUT2D eigenvalue weighted by Crippen LogP contribution is -2.49. The number of rotatable bonds is 3. The van der Waals surface area contributed by atoms with Gasteiger partial charge in [0.25, 0.3) is 5.91 Å². The van der Waals surface area contributed by atoms with Crippen molar-refractivity contribution in [1.82, 2.24) is 5.32 Å². The van der Waals surface area contributed by atoms with Crippen molar-refractivity contribution in [2.24, 2.45) is 0 Å². The van der Waals surface area contributed by atoms with Gasteiger partial charge in [0, 0.05) is 11.1 Å². The number of nitrogens with one attached hydrogen (secondary N) is 1. The molecule has 18 heavy (non-hydrogen) atoms. The van der Waals surface area contributed by atoms with Gasteiger partial charge in [-0.1, -0.05) is 18.9 Å². The van der Waals surface area contributed by atoms with Gasteiger partial charge in [-0.05, 0) is 31.9 Å². The molecular weight excluding hydrogens is 230 g/mol. The van der Waals surface area contributed by atoms with Crippen LogP contribution >= 0.6 is 0 Å². The normalized spacial score (nSPS) is 17.7. The molecule has 1 aromatic rings. The van der Waals surface area contributed by atoms with Crippen LogP contribution in [-0.2, 0) is 0 Å². The number of carbonyl (C=O) groups excluding carboxylic acids is 1. The number of benzene rings is 1. The first-order valence-electron chi connectivity index (χ1n) is 6.30. The summed E-state index contributed by atoms with van der Waals surface area (Å²) in [5.41, 5.74) is 0.561. The van der Waals surface area contributed by atoms with E-state index in [1.54, 1.807) is 25.1 Å². The number of hydrogen-bond acceptors (Lipinski definition) is 3. The highest BCUT2D eigenvalue weighted by Gasteiger charge is 2.35. The lowest BCUT2D eigenvalue weighted by atomic mass is 9.97. The summed E-state index contributed by atoms with van der Waals surface area (Å²) < 4.78 is 0. The maximum atomic E-state index is 12.2. The molecule has 1 amide bonds. The predicted molar refractivity (Wildman–Crippen MR) is 68.6 cm³/mol. The van der Waals surface area contributed by atoms with E-state index in [1.807, 2.05) is 0 Å². The van der Waals surface area contributed by atoms with Crippen LogP contribution in [-0.4, -0.2) is 28.3 Å². The molecule has 0 bridgehead atoms. The zero-order chi connectivity index (χ0) is 13.2. The average Bonchev–Trinajstić information content (AvgIpc) is 2.81. The fourth-order valence-corrected chi connectivity index (χ4v) is 2.55. The molecular formula is C14H19NO3. The minimum atomic E-state index is -0.477. The Hall–Kier alpha value is -1.55. The van der Waals surface area contributed by atoms with Crippen LogP contribution < -0.4 is 5.32 Å². The molecule has 1 aliphatic carbocycles. The van der Waals surface area contributed by atoms with Crippen molar-refractivity contribution in [3.8, 4) is 5.75 Å². The minimum Gasteiger partial charge on any atom is -0.508 e. The van der Waals surface area contributed by atoms with Gasteiger partial charge in [-0.15, -0.1) is 0 Å². The molecule has 1 aromatic carbocycles. The number of carbonyl (C=O) groups is 1. The first-order valence-corrected chi connectivity index (χ1v) is 6.30. The summed E-state index contributed by atoms with van der Waals surface area (Å²) >= 11 is 0. The summed E-state index contributed by atoms with van der Waals surface area (Å²) in [6.07, 6.45) is 3.68. The zero-order valence-corrected chi connectivity index (χ0v) is 10.6. The van der Waals surface area contributed by atoms with Crippen molar-refractivity contribution in [3.05, 3.63) is 29.3 Å². The number of amides is 1. The molecule has 1 saturated carbocycles. The summed E-state index contributed by atoms with van der Waals surface area (Å²) in [6, 6.07) is 4.89. The highest BCUT2D eigenvalue weighted by atomic mass is 16.3.